The van der Waals surface area contributed by atoms with Crippen molar-refractivity contribution < 1.29 is 17.6 Å². The molecular weight excluding hydrogens is 470 g/mol. The highest BCUT2D eigenvalue weighted by atomic mass is 32.2. The molecule has 2 aromatic heterocycles. The number of nitrogens with zero attached hydrogens (tertiary/aromatic N) is 3. The van der Waals surface area contributed by atoms with Crippen molar-refractivity contribution in [3.8, 4) is 0 Å². The number of hydrogen-bond donors (Lipinski definition) is 0. The Labute approximate surface area is 202 Å². The van der Waals surface area contributed by atoms with Crippen LogP contribution in [0.2, 0.25) is 0 Å². The summed E-state index contributed by atoms with van der Waals surface area (Å²) in [7, 11) is -3.54. The molecule has 4 aromatic rings. The molecule has 7 nitrogen and oxygen atoms in total. The summed E-state index contributed by atoms with van der Waals surface area (Å²) in [6, 6.07) is 13.9. The van der Waals surface area contributed by atoms with Gasteiger partial charge in [-0.3, -0.25) is 9.69 Å². The Hall–Kier alpha value is -3.01. The number of thiazole rings is 1. The standard InChI is InChI=1S/C25H25N3O4S2/c1-17-14-22-23(15-18(17)2)33-25(26-22)28(16-20-6-5-13-32-20)24(29)19-7-9-21(10-8-19)34(30,31)27-11-3-4-12-27/h5-10,13-15H,3-4,11-12,16H2,1-2H3. The molecule has 0 radical (unpaired) electrons. The lowest BCUT2D eigenvalue weighted by atomic mass is 10.1. The quantitative estimate of drug-likeness (QED) is 0.370. The molecule has 34 heavy (non-hydrogen) atoms. The van der Waals surface area contributed by atoms with Gasteiger partial charge in [-0.05, 0) is 86.3 Å². The number of rotatable bonds is 6. The number of hydrogen-bond acceptors (Lipinski definition) is 6. The van der Waals surface area contributed by atoms with Gasteiger partial charge in [0.25, 0.3) is 5.91 Å². The summed E-state index contributed by atoms with van der Waals surface area (Å²) in [6.07, 6.45) is 3.32. The normalized spacial score (nSPS) is 14.6. The molecule has 0 spiro atoms. The number of aryl methyl sites for hydroxylation is 2. The molecule has 5 rings (SSSR count). The topological polar surface area (TPSA) is 83.7 Å². The minimum absolute atomic E-state index is 0.203. The summed E-state index contributed by atoms with van der Waals surface area (Å²) >= 11 is 1.45. The van der Waals surface area contributed by atoms with E-state index in [9.17, 15) is 13.2 Å². The fourth-order valence-electron chi connectivity index (χ4n) is 4.07. The van der Waals surface area contributed by atoms with Gasteiger partial charge in [0.05, 0.1) is 27.9 Å². The fraction of sp³-hybridized carbons (Fsp3) is 0.280. The van der Waals surface area contributed by atoms with Crippen LogP contribution in [0.3, 0.4) is 0 Å². The van der Waals surface area contributed by atoms with E-state index in [2.05, 4.69) is 13.0 Å². The zero-order chi connectivity index (χ0) is 23.9. The summed E-state index contributed by atoms with van der Waals surface area (Å²) in [4.78, 5) is 20.1. The van der Waals surface area contributed by atoms with Crippen LogP contribution >= 0.6 is 11.3 Å². The van der Waals surface area contributed by atoms with Crippen molar-refractivity contribution >= 4 is 42.6 Å². The Morgan fingerprint density at radius 2 is 1.79 bits per heavy atom. The summed E-state index contributed by atoms with van der Waals surface area (Å²) in [5, 5.41) is 0.565. The smallest absolute Gasteiger partial charge is 0.260 e. The number of carbonyl (C=O) groups excluding carboxylic acids is 1. The van der Waals surface area contributed by atoms with Crippen LogP contribution in [0.1, 0.15) is 40.1 Å². The van der Waals surface area contributed by atoms with Gasteiger partial charge in [0, 0.05) is 18.7 Å². The lowest BCUT2D eigenvalue weighted by Crippen LogP contribution is -2.30. The SMILES string of the molecule is Cc1cc2nc(N(Cc3ccco3)C(=O)c3ccc(S(=O)(=O)N4CCCC4)cc3)sc2cc1C. The van der Waals surface area contributed by atoms with Crippen molar-refractivity contribution in [2.75, 3.05) is 18.0 Å². The predicted molar refractivity (Wildman–Crippen MR) is 133 cm³/mol. The molecule has 3 heterocycles. The van der Waals surface area contributed by atoms with Crippen LogP contribution in [-0.4, -0.2) is 36.7 Å². The van der Waals surface area contributed by atoms with Gasteiger partial charge in [0.2, 0.25) is 10.0 Å². The number of fused-ring (bicyclic) bond motifs is 1. The largest absolute Gasteiger partial charge is 0.467 e. The first-order valence-electron chi connectivity index (χ1n) is 11.2. The van der Waals surface area contributed by atoms with Crippen molar-refractivity contribution in [2.45, 2.75) is 38.1 Å². The molecule has 176 valence electrons. The van der Waals surface area contributed by atoms with Gasteiger partial charge in [0.15, 0.2) is 5.13 Å². The molecule has 1 aliphatic rings. The molecule has 1 aliphatic heterocycles. The Kier molecular flexibility index (Phi) is 6.01. The van der Waals surface area contributed by atoms with Gasteiger partial charge in [-0.1, -0.05) is 11.3 Å². The van der Waals surface area contributed by atoms with E-state index in [0.717, 1.165) is 28.6 Å². The third kappa shape index (κ3) is 4.26. The van der Waals surface area contributed by atoms with Crippen molar-refractivity contribution in [3.05, 3.63) is 77.2 Å². The molecule has 2 aromatic carbocycles. The molecule has 0 bridgehead atoms. The predicted octanol–water partition coefficient (Wildman–Crippen LogP) is 5.14. The second-order valence-electron chi connectivity index (χ2n) is 8.51. The van der Waals surface area contributed by atoms with Gasteiger partial charge in [-0.15, -0.1) is 0 Å². The molecular formula is C25H25N3O4S2. The highest BCUT2D eigenvalue weighted by Gasteiger charge is 2.28. The minimum atomic E-state index is -3.54. The Morgan fingerprint density at radius 1 is 1.09 bits per heavy atom. The van der Waals surface area contributed by atoms with E-state index in [-0.39, 0.29) is 17.3 Å². The van der Waals surface area contributed by atoms with Crippen molar-refractivity contribution in [2.24, 2.45) is 0 Å². The molecule has 0 aliphatic carbocycles. The lowest BCUT2D eigenvalue weighted by Gasteiger charge is -2.19. The van der Waals surface area contributed by atoms with E-state index in [1.807, 2.05) is 19.1 Å². The van der Waals surface area contributed by atoms with E-state index in [1.54, 1.807) is 29.4 Å². The molecule has 0 saturated carbocycles. The Balaban J connectivity index is 1.48. The highest BCUT2D eigenvalue weighted by molar-refractivity contribution is 7.89. The second-order valence-corrected chi connectivity index (χ2v) is 11.5. The molecule has 1 saturated heterocycles. The first-order chi connectivity index (χ1) is 16.3. The number of benzene rings is 2. The molecule has 0 atom stereocenters. The van der Waals surface area contributed by atoms with E-state index in [4.69, 9.17) is 9.40 Å². The van der Waals surface area contributed by atoms with Crippen LogP contribution in [-0.2, 0) is 16.6 Å². The third-order valence-electron chi connectivity index (χ3n) is 6.17. The van der Waals surface area contributed by atoms with Crippen LogP contribution in [0.4, 0.5) is 5.13 Å². The number of carbonyl (C=O) groups is 1. The maximum Gasteiger partial charge on any atom is 0.260 e. The average Bonchev–Trinajstić information content (AvgIpc) is 3.59. The van der Waals surface area contributed by atoms with Crippen molar-refractivity contribution in [3.63, 3.8) is 0 Å². The minimum Gasteiger partial charge on any atom is -0.467 e. The lowest BCUT2D eigenvalue weighted by molar-refractivity contribution is 0.0983. The van der Waals surface area contributed by atoms with Gasteiger partial charge in [-0.2, -0.15) is 4.31 Å². The average molecular weight is 496 g/mol. The molecule has 1 amide bonds. The third-order valence-corrected chi connectivity index (χ3v) is 9.12. The summed E-state index contributed by atoms with van der Waals surface area (Å²) in [6.45, 7) is 5.39. The van der Waals surface area contributed by atoms with Crippen molar-refractivity contribution in [1.29, 1.82) is 0 Å². The van der Waals surface area contributed by atoms with E-state index in [1.165, 1.54) is 33.3 Å². The summed E-state index contributed by atoms with van der Waals surface area (Å²) in [5.74, 6) is 0.363. The van der Waals surface area contributed by atoms with Crippen LogP contribution in [0.25, 0.3) is 10.2 Å². The maximum atomic E-state index is 13.6. The molecule has 1 fully saturated rings. The second kappa shape index (κ2) is 8.98. The fourth-order valence-corrected chi connectivity index (χ4v) is 6.63. The molecule has 0 unspecified atom stereocenters. The van der Waals surface area contributed by atoms with Gasteiger partial charge >= 0.3 is 0 Å². The summed E-state index contributed by atoms with van der Waals surface area (Å²) < 4.78 is 33.7. The number of aromatic nitrogens is 1. The zero-order valence-corrected chi connectivity index (χ0v) is 20.7. The highest BCUT2D eigenvalue weighted by Crippen LogP contribution is 2.33. The zero-order valence-electron chi connectivity index (χ0n) is 19.0. The van der Waals surface area contributed by atoms with Gasteiger partial charge < -0.3 is 4.42 Å². The number of anilines is 1. The van der Waals surface area contributed by atoms with E-state index in [0.29, 0.717) is 29.5 Å². The van der Waals surface area contributed by atoms with Crippen LogP contribution < -0.4 is 4.90 Å². The number of furan rings is 1. The number of sulfonamides is 1. The van der Waals surface area contributed by atoms with Crippen LogP contribution in [0.15, 0.2) is 64.1 Å². The first kappa shape index (κ1) is 22.8. The number of amides is 1. The molecule has 9 heteroatoms. The summed E-state index contributed by atoms with van der Waals surface area (Å²) in [5.41, 5.74) is 3.54. The Morgan fingerprint density at radius 3 is 2.47 bits per heavy atom. The van der Waals surface area contributed by atoms with Crippen LogP contribution in [0, 0.1) is 13.8 Å². The van der Waals surface area contributed by atoms with Crippen molar-refractivity contribution in [1.82, 2.24) is 9.29 Å². The molecule has 0 N–H and O–H groups in total. The Bertz CT molecular complexity index is 1400. The first-order valence-corrected chi connectivity index (χ1v) is 13.4. The van der Waals surface area contributed by atoms with Crippen LogP contribution in [0.5, 0.6) is 0 Å². The monoisotopic (exact) mass is 495 g/mol. The maximum absolute atomic E-state index is 13.6. The van der Waals surface area contributed by atoms with Gasteiger partial charge in [-0.25, -0.2) is 13.4 Å². The van der Waals surface area contributed by atoms with Gasteiger partial charge in [0.1, 0.15) is 5.76 Å². The van der Waals surface area contributed by atoms with E-state index < -0.39 is 10.0 Å². The van der Waals surface area contributed by atoms with E-state index >= 15 is 0 Å².